The molecule has 0 aliphatic carbocycles. The molecule has 0 bridgehead atoms. The van der Waals surface area contributed by atoms with Crippen molar-refractivity contribution in [2.24, 2.45) is 11.1 Å². The van der Waals surface area contributed by atoms with E-state index in [4.69, 9.17) is 10.5 Å². The van der Waals surface area contributed by atoms with Crippen LogP contribution in [-0.4, -0.2) is 17.7 Å². The number of hydrogen-bond acceptors (Lipinski definition) is 2. The Morgan fingerprint density at radius 3 is 1.80 bits per heavy atom. The highest BCUT2D eigenvalue weighted by atomic mass is 16.5. The van der Waals surface area contributed by atoms with Crippen molar-refractivity contribution < 1.29 is 4.74 Å². The summed E-state index contributed by atoms with van der Waals surface area (Å²) < 4.78 is 6.18. The molecule has 0 aliphatic heterocycles. The van der Waals surface area contributed by atoms with Crippen molar-refractivity contribution in [3.63, 3.8) is 0 Å². The van der Waals surface area contributed by atoms with E-state index < -0.39 is 0 Å². The highest BCUT2D eigenvalue weighted by molar-refractivity contribution is 4.86. The smallest absolute Gasteiger partial charge is 0.0781 e. The van der Waals surface area contributed by atoms with Crippen molar-refractivity contribution >= 4 is 0 Å². The molecule has 92 valence electrons. The molecule has 0 saturated carbocycles. The molecule has 0 aromatic rings. The lowest BCUT2D eigenvalue weighted by Gasteiger charge is -2.40. The average molecular weight is 215 g/mol. The summed E-state index contributed by atoms with van der Waals surface area (Å²) in [5.41, 5.74) is 6.16. The average Bonchev–Trinajstić information content (AvgIpc) is 2.11. The maximum atomic E-state index is 6.18. The standard InChI is InChI=1S/C13H29NO/c1-8-10(14)11(12(3,4)5)15-13(6,7)9-2/h10-11H,8-9,14H2,1-7H3. The van der Waals surface area contributed by atoms with Gasteiger partial charge in [-0.2, -0.15) is 0 Å². The topological polar surface area (TPSA) is 35.2 Å². The van der Waals surface area contributed by atoms with Gasteiger partial charge in [-0.1, -0.05) is 34.6 Å². The van der Waals surface area contributed by atoms with Gasteiger partial charge in [-0.3, -0.25) is 0 Å². The van der Waals surface area contributed by atoms with E-state index in [1.807, 2.05) is 0 Å². The number of nitrogens with two attached hydrogens (primary N) is 1. The minimum Gasteiger partial charge on any atom is -0.370 e. The Morgan fingerprint density at radius 2 is 1.53 bits per heavy atom. The van der Waals surface area contributed by atoms with Gasteiger partial charge in [0.15, 0.2) is 0 Å². The Hall–Kier alpha value is -0.0800. The van der Waals surface area contributed by atoms with E-state index in [0.29, 0.717) is 0 Å². The molecule has 0 aromatic heterocycles. The molecule has 2 heteroatoms. The van der Waals surface area contributed by atoms with Crippen molar-refractivity contribution in [2.45, 2.75) is 79.1 Å². The molecular formula is C13H29NO. The quantitative estimate of drug-likeness (QED) is 0.763. The van der Waals surface area contributed by atoms with Crippen LogP contribution in [0.3, 0.4) is 0 Å². The molecule has 2 atom stereocenters. The van der Waals surface area contributed by atoms with E-state index in [-0.39, 0.29) is 23.2 Å². The lowest BCUT2D eigenvalue weighted by molar-refractivity contribution is -0.125. The van der Waals surface area contributed by atoms with Crippen LogP contribution >= 0.6 is 0 Å². The summed E-state index contributed by atoms with van der Waals surface area (Å²) in [6.07, 6.45) is 2.09. The Bertz CT molecular complexity index is 181. The molecule has 0 heterocycles. The van der Waals surface area contributed by atoms with Crippen LogP contribution < -0.4 is 5.73 Å². The first-order valence-corrected chi connectivity index (χ1v) is 6.07. The van der Waals surface area contributed by atoms with Crippen LogP contribution in [0.15, 0.2) is 0 Å². The van der Waals surface area contributed by atoms with Gasteiger partial charge in [-0.25, -0.2) is 0 Å². The molecule has 0 fully saturated rings. The second kappa shape index (κ2) is 5.31. The van der Waals surface area contributed by atoms with Crippen LogP contribution in [0.25, 0.3) is 0 Å². The van der Waals surface area contributed by atoms with Gasteiger partial charge in [0.2, 0.25) is 0 Å². The van der Waals surface area contributed by atoms with Crippen molar-refractivity contribution in [3.05, 3.63) is 0 Å². The van der Waals surface area contributed by atoms with Gasteiger partial charge in [-0.05, 0) is 32.1 Å². The van der Waals surface area contributed by atoms with Crippen molar-refractivity contribution in [1.29, 1.82) is 0 Å². The maximum absolute atomic E-state index is 6.18. The van der Waals surface area contributed by atoms with E-state index in [0.717, 1.165) is 12.8 Å². The van der Waals surface area contributed by atoms with Gasteiger partial charge < -0.3 is 10.5 Å². The molecule has 2 N–H and O–H groups in total. The predicted octanol–water partition coefficient (Wildman–Crippen LogP) is 3.34. The van der Waals surface area contributed by atoms with Gasteiger partial charge in [0.1, 0.15) is 0 Å². The lowest BCUT2D eigenvalue weighted by atomic mass is 9.83. The zero-order chi connectivity index (χ0) is 12.3. The number of hydrogen-bond donors (Lipinski definition) is 1. The van der Waals surface area contributed by atoms with Crippen LogP contribution in [0.1, 0.15) is 61.3 Å². The molecule has 0 saturated heterocycles. The minimum atomic E-state index is -0.0786. The van der Waals surface area contributed by atoms with E-state index in [2.05, 4.69) is 48.5 Å². The van der Waals surface area contributed by atoms with E-state index in [1.54, 1.807) is 0 Å². The largest absolute Gasteiger partial charge is 0.370 e. The molecule has 15 heavy (non-hydrogen) atoms. The van der Waals surface area contributed by atoms with Crippen molar-refractivity contribution in [1.82, 2.24) is 0 Å². The van der Waals surface area contributed by atoms with Crippen LogP contribution in [0.4, 0.5) is 0 Å². The summed E-state index contributed by atoms with van der Waals surface area (Å²) in [7, 11) is 0. The molecule has 0 aromatic carbocycles. The molecule has 0 aliphatic rings. The number of rotatable bonds is 5. The molecule has 0 rings (SSSR count). The van der Waals surface area contributed by atoms with Gasteiger partial charge in [0.25, 0.3) is 0 Å². The number of ether oxygens (including phenoxy) is 1. The van der Waals surface area contributed by atoms with Gasteiger partial charge in [0, 0.05) is 6.04 Å². The molecule has 2 unspecified atom stereocenters. The summed E-state index contributed by atoms with van der Waals surface area (Å²) >= 11 is 0. The molecule has 0 spiro atoms. The molecular weight excluding hydrogens is 186 g/mol. The maximum Gasteiger partial charge on any atom is 0.0781 e. The van der Waals surface area contributed by atoms with E-state index in [9.17, 15) is 0 Å². The molecule has 0 amide bonds. The highest BCUT2D eigenvalue weighted by Gasteiger charge is 2.34. The summed E-state index contributed by atoms with van der Waals surface area (Å²) in [5, 5.41) is 0. The second-order valence-corrected chi connectivity index (χ2v) is 6.09. The van der Waals surface area contributed by atoms with Crippen LogP contribution in [-0.2, 0) is 4.74 Å². The van der Waals surface area contributed by atoms with Gasteiger partial charge >= 0.3 is 0 Å². The summed E-state index contributed by atoms with van der Waals surface area (Å²) in [6.45, 7) is 15.1. The first-order chi connectivity index (χ1) is 6.64. The fraction of sp³-hybridized carbons (Fsp3) is 1.00. The van der Waals surface area contributed by atoms with Crippen LogP contribution in [0, 0.1) is 5.41 Å². The Balaban J connectivity index is 4.67. The van der Waals surface area contributed by atoms with Crippen LogP contribution in [0.5, 0.6) is 0 Å². The normalized spacial score (nSPS) is 17.6. The Labute approximate surface area is 95.6 Å². The minimum absolute atomic E-state index is 0.0786. The summed E-state index contributed by atoms with van der Waals surface area (Å²) in [4.78, 5) is 0. The van der Waals surface area contributed by atoms with Gasteiger partial charge in [0.05, 0.1) is 11.7 Å². The Kier molecular flexibility index (Phi) is 5.28. The highest BCUT2D eigenvalue weighted by Crippen LogP contribution is 2.30. The molecule has 0 radical (unpaired) electrons. The fourth-order valence-corrected chi connectivity index (χ4v) is 1.55. The summed E-state index contributed by atoms with van der Waals surface area (Å²) in [6, 6.07) is 0.121. The third-order valence-electron chi connectivity index (χ3n) is 3.01. The van der Waals surface area contributed by atoms with E-state index >= 15 is 0 Å². The van der Waals surface area contributed by atoms with Crippen LogP contribution in [0.2, 0.25) is 0 Å². The molecule has 2 nitrogen and oxygen atoms in total. The zero-order valence-electron chi connectivity index (χ0n) is 11.6. The van der Waals surface area contributed by atoms with E-state index in [1.165, 1.54) is 0 Å². The lowest BCUT2D eigenvalue weighted by Crippen LogP contribution is -2.48. The van der Waals surface area contributed by atoms with Crippen molar-refractivity contribution in [2.75, 3.05) is 0 Å². The zero-order valence-corrected chi connectivity index (χ0v) is 11.6. The third-order valence-corrected chi connectivity index (χ3v) is 3.01. The third kappa shape index (κ3) is 4.98. The van der Waals surface area contributed by atoms with Gasteiger partial charge in [-0.15, -0.1) is 0 Å². The van der Waals surface area contributed by atoms with Crippen molar-refractivity contribution in [3.8, 4) is 0 Å². The Morgan fingerprint density at radius 1 is 1.07 bits per heavy atom. The second-order valence-electron chi connectivity index (χ2n) is 6.09. The predicted molar refractivity (Wildman–Crippen MR) is 67.0 cm³/mol. The first-order valence-electron chi connectivity index (χ1n) is 6.07. The fourth-order valence-electron chi connectivity index (χ4n) is 1.55. The SMILES string of the molecule is CCC(N)C(OC(C)(C)CC)C(C)(C)C. The summed E-state index contributed by atoms with van der Waals surface area (Å²) in [5.74, 6) is 0. The first kappa shape index (κ1) is 14.9. The monoisotopic (exact) mass is 215 g/mol.